The smallest absolute Gasteiger partial charge is 0.0739 e. The zero-order valence-electron chi connectivity index (χ0n) is 12.5. The van der Waals surface area contributed by atoms with Crippen LogP contribution in [0.1, 0.15) is 47.5 Å². The van der Waals surface area contributed by atoms with E-state index in [-0.39, 0.29) is 0 Å². The van der Waals surface area contributed by atoms with Crippen LogP contribution in [0.4, 0.5) is 0 Å². The van der Waals surface area contributed by atoms with Crippen LogP contribution in [0.3, 0.4) is 0 Å². The van der Waals surface area contributed by atoms with E-state index in [0.29, 0.717) is 16.0 Å². The van der Waals surface area contributed by atoms with Crippen LogP contribution in [0.15, 0.2) is 0 Å². The van der Waals surface area contributed by atoms with Gasteiger partial charge in [-0.1, -0.05) is 49.8 Å². The second kappa shape index (κ2) is 8.67. The summed E-state index contributed by atoms with van der Waals surface area (Å²) in [6, 6.07) is 0.548. The van der Waals surface area contributed by atoms with Crippen molar-refractivity contribution in [2.75, 3.05) is 14.1 Å². The molecule has 0 aromatic carbocycles. The van der Waals surface area contributed by atoms with Crippen molar-refractivity contribution in [1.29, 1.82) is 0 Å². The van der Waals surface area contributed by atoms with Gasteiger partial charge < -0.3 is 0 Å². The van der Waals surface area contributed by atoms with E-state index in [0.717, 1.165) is 5.92 Å². The lowest BCUT2D eigenvalue weighted by Gasteiger charge is -2.35. The highest BCUT2D eigenvalue weighted by molar-refractivity contribution is 14.1. The van der Waals surface area contributed by atoms with E-state index < -0.39 is 0 Å². The summed E-state index contributed by atoms with van der Waals surface area (Å²) in [5.41, 5.74) is 3.41. The summed E-state index contributed by atoms with van der Waals surface area (Å²) in [4.78, 5) is 0. The molecule has 0 aliphatic carbocycles. The largest absolute Gasteiger partial charge is 0.231 e. The maximum atomic E-state index is 3.41. The van der Waals surface area contributed by atoms with Crippen LogP contribution in [0.25, 0.3) is 0 Å². The van der Waals surface area contributed by atoms with Gasteiger partial charge in [0.1, 0.15) is 0 Å². The molecule has 0 saturated heterocycles. The van der Waals surface area contributed by atoms with E-state index in [1.807, 2.05) is 0 Å². The Labute approximate surface area is 121 Å². The molecule has 0 radical (unpaired) electrons. The fourth-order valence-electron chi connectivity index (χ4n) is 1.64. The lowest BCUT2D eigenvalue weighted by atomic mass is 9.94. The molecule has 0 rings (SSSR count). The Morgan fingerprint density at radius 3 is 1.88 bits per heavy atom. The molecule has 0 aromatic heterocycles. The topological polar surface area (TPSA) is 18.5 Å². The van der Waals surface area contributed by atoms with Crippen LogP contribution in [-0.2, 0) is 0 Å². The van der Waals surface area contributed by atoms with Crippen LogP contribution in [-0.4, -0.2) is 34.2 Å². The number of hydrogen-bond donors (Lipinski definition) is 1. The SMILES string of the molecule is CC(C)CC[C@@H](C)[C@@H](C)N(C)NN(C)[C@H](C)I. The van der Waals surface area contributed by atoms with Gasteiger partial charge in [-0.25, -0.2) is 10.0 Å². The number of halogens is 1. The summed E-state index contributed by atoms with van der Waals surface area (Å²) in [5, 5.41) is 4.35. The van der Waals surface area contributed by atoms with Gasteiger partial charge in [-0.3, -0.25) is 0 Å². The Balaban J connectivity index is 4.06. The van der Waals surface area contributed by atoms with Gasteiger partial charge in [0.15, 0.2) is 0 Å². The third-order valence-corrected chi connectivity index (χ3v) is 4.32. The molecule has 0 fully saturated rings. The molecule has 0 heterocycles. The third-order valence-electron chi connectivity index (χ3n) is 3.48. The second-order valence-corrected chi connectivity index (χ2v) is 7.39. The van der Waals surface area contributed by atoms with E-state index >= 15 is 0 Å². The highest BCUT2D eigenvalue weighted by Crippen LogP contribution is 2.17. The van der Waals surface area contributed by atoms with Crippen molar-refractivity contribution >= 4 is 22.6 Å². The van der Waals surface area contributed by atoms with Crippen molar-refractivity contribution < 1.29 is 0 Å². The van der Waals surface area contributed by atoms with Crippen molar-refractivity contribution in [2.24, 2.45) is 11.8 Å². The van der Waals surface area contributed by atoms with Gasteiger partial charge in [0.2, 0.25) is 0 Å². The van der Waals surface area contributed by atoms with Gasteiger partial charge in [0, 0.05) is 20.1 Å². The molecule has 0 unspecified atom stereocenters. The molecule has 0 aliphatic heterocycles. The molecule has 0 aliphatic rings. The van der Waals surface area contributed by atoms with Crippen molar-refractivity contribution in [3.8, 4) is 0 Å². The van der Waals surface area contributed by atoms with Crippen LogP contribution in [0.2, 0.25) is 0 Å². The Morgan fingerprint density at radius 2 is 1.47 bits per heavy atom. The Hall–Kier alpha value is 0.610. The quantitative estimate of drug-likeness (QED) is 0.311. The number of rotatable bonds is 8. The molecule has 0 amide bonds. The lowest BCUT2D eigenvalue weighted by molar-refractivity contribution is 0.0156. The maximum Gasteiger partial charge on any atom is 0.0739 e. The first-order chi connectivity index (χ1) is 7.75. The summed E-state index contributed by atoms with van der Waals surface area (Å²) in [7, 11) is 4.21. The first-order valence-electron chi connectivity index (χ1n) is 6.61. The van der Waals surface area contributed by atoms with Gasteiger partial charge in [0.25, 0.3) is 0 Å². The maximum absolute atomic E-state index is 3.41. The minimum absolute atomic E-state index is 0.480. The Morgan fingerprint density at radius 1 is 0.941 bits per heavy atom. The van der Waals surface area contributed by atoms with Crippen LogP contribution in [0, 0.1) is 11.8 Å². The average Bonchev–Trinajstić information content (AvgIpc) is 2.24. The van der Waals surface area contributed by atoms with E-state index in [1.165, 1.54) is 12.8 Å². The molecule has 0 bridgehead atoms. The number of alkyl halides is 1. The highest BCUT2D eigenvalue weighted by atomic mass is 127. The zero-order valence-corrected chi connectivity index (χ0v) is 14.7. The van der Waals surface area contributed by atoms with E-state index in [1.54, 1.807) is 0 Å². The van der Waals surface area contributed by atoms with Crippen LogP contribution >= 0.6 is 22.6 Å². The number of nitrogens with zero attached hydrogens (tertiary/aromatic N) is 2. The predicted molar refractivity (Wildman–Crippen MR) is 84.8 cm³/mol. The summed E-state index contributed by atoms with van der Waals surface area (Å²) in [6.45, 7) is 11.4. The lowest BCUT2D eigenvalue weighted by Crippen LogP contribution is -2.52. The zero-order chi connectivity index (χ0) is 13.6. The van der Waals surface area contributed by atoms with Crippen molar-refractivity contribution in [2.45, 2.75) is 57.6 Å². The molecule has 17 heavy (non-hydrogen) atoms. The molecule has 0 saturated carbocycles. The summed E-state index contributed by atoms with van der Waals surface area (Å²) < 4.78 is 0.480. The minimum atomic E-state index is 0.480. The standard InChI is InChI=1S/C13H30IN3/c1-10(2)8-9-11(3)12(4)16(6)15-17(7)13(5)14/h10-13,15H,8-9H2,1-7H3/t11-,12-,13-/m1/s1. The number of hydrogen-bond acceptors (Lipinski definition) is 3. The molecule has 104 valence electrons. The number of nitrogens with one attached hydrogen (secondary N) is 1. The third kappa shape index (κ3) is 7.59. The predicted octanol–water partition coefficient (Wildman–Crippen LogP) is 3.51. The van der Waals surface area contributed by atoms with Crippen LogP contribution < -0.4 is 5.53 Å². The van der Waals surface area contributed by atoms with Crippen molar-refractivity contribution in [3.63, 3.8) is 0 Å². The molecule has 4 heteroatoms. The molecule has 0 spiro atoms. The molecule has 3 atom stereocenters. The minimum Gasteiger partial charge on any atom is -0.231 e. The molecule has 0 aromatic rings. The first kappa shape index (κ1) is 17.6. The number of hydrazine groups is 2. The van der Waals surface area contributed by atoms with Gasteiger partial charge in [0.05, 0.1) is 4.05 Å². The Kier molecular flexibility index (Phi) is 8.98. The van der Waals surface area contributed by atoms with Gasteiger partial charge in [-0.05, 0) is 32.1 Å². The Bertz CT molecular complexity index is 197. The van der Waals surface area contributed by atoms with Crippen molar-refractivity contribution in [1.82, 2.24) is 15.6 Å². The molecular formula is C13H30IN3. The summed E-state index contributed by atoms with van der Waals surface area (Å²) in [6.07, 6.45) is 2.62. The highest BCUT2D eigenvalue weighted by Gasteiger charge is 2.18. The summed E-state index contributed by atoms with van der Waals surface area (Å²) in [5.74, 6) is 1.52. The van der Waals surface area contributed by atoms with Gasteiger partial charge in [-0.2, -0.15) is 5.53 Å². The normalized spacial score (nSPS) is 17.8. The van der Waals surface area contributed by atoms with Gasteiger partial charge in [-0.15, -0.1) is 0 Å². The van der Waals surface area contributed by atoms with Crippen LogP contribution in [0.5, 0.6) is 0 Å². The van der Waals surface area contributed by atoms with Gasteiger partial charge >= 0.3 is 0 Å². The average molecular weight is 355 g/mol. The molecule has 1 N–H and O–H groups in total. The van der Waals surface area contributed by atoms with E-state index in [9.17, 15) is 0 Å². The fourth-order valence-corrected chi connectivity index (χ4v) is 1.76. The molecule has 3 nitrogen and oxygen atoms in total. The van der Waals surface area contributed by atoms with Crippen molar-refractivity contribution in [3.05, 3.63) is 0 Å². The van der Waals surface area contributed by atoms with E-state index in [4.69, 9.17) is 0 Å². The van der Waals surface area contributed by atoms with E-state index in [2.05, 4.69) is 86.9 Å². The molecular weight excluding hydrogens is 325 g/mol. The monoisotopic (exact) mass is 355 g/mol. The second-order valence-electron chi connectivity index (χ2n) is 5.58. The summed E-state index contributed by atoms with van der Waals surface area (Å²) >= 11 is 2.40. The first-order valence-corrected chi connectivity index (χ1v) is 7.86. The fraction of sp³-hybridized carbons (Fsp3) is 1.00.